The van der Waals surface area contributed by atoms with Crippen LogP contribution in [0.25, 0.3) is 22.2 Å². The minimum absolute atomic E-state index is 0.301. The molecule has 5 nitrogen and oxygen atoms in total. The fourth-order valence-corrected chi connectivity index (χ4v) is 4.04. The van der Waals surface area contributed by atoms with Gasteiger partial charge in [-0.2, -0.15) is 5.10 Å². The quantitative estimate of drug-likeness (QED) is 0.180. The summed E-state index contributed by atoms with van der Waals surface area (Å²) in [6.45, 7) is 0.462. The fourth-order valence-electron chi connectivity index (χ4n) is 3.78. The third-order valence-electron chi connectivity index (χ3n) is 5.59. The number of hydrogen-bond donors (Lipinski definition) is 1. The maximum Gasteiger partial charge on any atom is 0.272 e. The van der Waals surface area contributed by atoms with E-state index < -0.39 is 0 Å². The van der Waals surface area contributed by atoms with Crippen LogP contribution in [0.1, 0.15) is 21.5 Å². The maximum atomic E-state index is 13.1. The second kappa shape index (κ2) is 11.0. The van der Waals surface area contributed by atoms with E-state index in [-0.39, 0.29) is 5.91 Å². The van der Waals surface area contributed by atoms with Crippen molar-refractivity contribution in [2.45, 2.75) is 6.61 Å². The summed E-state index contributed by atoms with van der Waals surface area (Å²) in [6, 6.07) is 34.8. The monoisotopic (exact) mass is 535 g/mol. The van der Waals surface area contributed by atoms with Crippen molar-refractivity contribution in [3.05, 3.63) is 130 Å². The summed E-state index contributed by atoms with van der Waals surface area (Å²) >= 11 is 3.44. The van der Waals surface area contributed by atoms with Crippen LogP contribution >= 0.6 is 15.9 Å². The van der Waals surface area contributed by atoms with Gasteiger partial charge in [-0.25, -0.2) is 10.4 Å². The van der Waals surface area contributed by atoms with Crippen molar-refractivity contribution < 1.29 is 9.53 Å². The number of carbonyl (C=O) groups is 1. The lowest BCUT2D eigenvalue weighted by molar-refractivity contribution is 0.0956. The van der Waals surface area contributed by atoms with Crippen LogP contribution in [-0.2, 0) is 6.61 Å². The molecule has 0 atom stereocenters. The molecule has 0 bridgehead atoms. The normalized spacial score (nSPS) is 11.0. The molecule has 5 rings (SSSR count). The second-order valence-electron chi connectivity index (χ2n) is 8.12. The van der Waals surface area contributed by atoms with Gasteiger partial charge in [-0.15, -0.1) is 0 Å². The van der Waals surface area contributed by atoms with Crippen LogP contribution < -0.4 is 10.2 Å². The van der Waals surface area contributed by atoms with Gasteiger partial charge in [0.1, 0.15) is 12.4 Å². The van der Waals surface area contributed by atoms with Crippen molar-refractivity contribution in [1.82, 2.24) is 10.4 Å². The van der Waals surface area contributed by atoms with Gasteiger partial charge in [-0.05, 0) is 47.5 Å². The molecule has 176 valence electrons. The van der Waals surface area contributed by atoms with E-state index in [1.54, 1.807) is 12.3 Å². The van der Waals surface area contributed by atoms with E-state index in [0.29, 0.717) is 12.2 Å². The van der Waals surface area contributed by atoms with E-state index in [1.807, 2.05) is 103 Å². The van der Waals surface area contributed by atoms with Crippen molar-refractivity contribution in [1.29, 1.82) is 0 Å². The highest BCUT2D eigenvalue weighted by molar-refractivity contribution is 9.10. The Kier molecular flexibility index (Phi) is 7.15. The minimum Gasteiger partial charge on any atom is -0.489 e. The number of hydrazone groups is 1. The zero-order chi connectivity index (χ0) is 24.7. The smallest absolute Gasteiger partial charge is 0.272 e. The number of nitrogens with zero attached hydrogens (tertiary/aromatic N) is 2. The standard InChI is InChI=1S/C30H22BrN3O2/c31-24-15-13-21(14-16-24)20-36-25-10-6-7-22(17-25)19-32-34-30(35)27-18-29(23-8-2-1-3-9-23)33-28-12-5-4-11-26(27)28/h1-19H,20H2,(H,34,35)/b32-19-. The molecule has 0 saturated heterocycles. The van der Waals surface area contributed by atoms with Gasteiger partial charge in [0, 0.05) is 15.4 Å². The average molecular weight is 536 g/mol. The zero-order valence-corrected chi connectivity index (χ0v) is 20.9. The van der Waals surface area contributed by atoms with Gasteiger partial charge in [0.05, 0.1) is 23.0 Å². The summed E-state index contributed by atoms with van der Waals surface area (Å²) in [5, 5.41) is 4.96. The van der Waals surface area contributed by atoms with Crippen molar-refractivity contribution in [3.8, 4) is 17.0 Å². The Morgan fingerprint density at radius 1 is 0.889 bits per heavy atom. The number of amides is 1. The Morgan fingerprint density at radius 2 is 1.67 bits per heavy atom. The molecular weight excluding hydrogens is 514 g/mol. The van der Waals surface area contributed by atoms with Crippen molar-refractivity contribution in [2.75, 3.05) is 0 Å². The lowest BCUT2D eigenvalue weighted by atomic mass is 10.0. The number of ether oxygens (including phenoxy) is 1. The van der Waals surface area contributed by atoms with Gasteiger partial charge in [-0.1, -0.05) is 88.7 Å². The molecule has 6 heteroatoms. The number of benzene rings is 4. The van der Waals surface area contributed by atoms with Gasteiger partial charge in [0.15, 0.2) is 0 Å². The molecule has 1 N–H and O–H groups in total. The predicted octanol–water partition coefficient (Wildman–Crippen LogP) is 7.01. The molecule has 1 heterocycles. The number of para-hydroxylation sites is 1. The number of hydrogen-bond acceptors (Lipinski definition) is 4. The summed E-state index contributed by atoms with van der Waals surface area (Å²) in [4.78, 5) is 17.8. The first-order chi connectivity index (χ1) is 17.7. The van der Waals surface area contributed by atoms with E-state index in [0.717, 1.165) is 43.5 Å². The number of pyridine rings is 1. The first-order valence-corrected chi connectivity index (χ1v) is 12.2. The highest BCUT2D eigenvalue weighted by Crippen LogP contribution is 2.25. The van der Waals surface area contributed by atoms with Gasteiger partial charge >= 0.3 is 0 Å². The molecule has 0 aliphatic rings. The highest BCUT2D eigenvalue weighted by Gasteiger charge is 2.13. The van der Waals surface area contributed by atoms with E-state index in [1.165, 1.54) is 0 Å². The molecule has 36 heavy (non-hydrogen) atoms. The molecule has 1 aromatic heterocycles. The third-order valence-corrected chi connectivity index (χ3v) is 6.12. The highest BCUT2D eigenvalue weighted by atomic mass is 79.9. The fraction of sp³-hybridized carbons (Fsp3) is 0.0333. The Balaban J connectivity index is 1.31. The van der Waals surface area contributed by atoms with Gasteiger partial charge < -0.3 is 4.74 Å². The van der Waals surface area contributed by atoms with Crippen LogP contribution in [0.5, 0.6) is 5.75 Å². The Morgan fingerprint density at radius 3 is 2.50 bits per heavy atom. The molecule has 0 spiro atoms. The molecule has 0 aliphatic carbocycles. The predicted molar refractivity (Wildman–Crippen MR) is 147 cm³/mol. The molecule has 0 unspecified atom stereocenters. The summed E-state index contributed by atoms with van der Waals surface area (Å²) in [5.74, 6) is 0.422. The zero-order valence-electron chi connectivity index (χ0n) is 19.3. The van der Waals surface area contributed by atoms with E-state index in [9.17, 15) is 4.79 Å². The number of halogens is 1. The van der Waals surface area contributed by atoms with Crippen LogP contribution in [0, 0.1) is 0 Å². The number of nitrogens with one attached hydrogen (secondary N) is 1. The number of fused-ring (bicyclic) bond motifs is 1. The molecular formula is C30H22BrN3O2. The summed E-state index contributed by atoms with van der Waals surface area (Å²) < 4.78 is 6.93. The molecule has 0 radical (unpaired) electrons. The average Bonchev–Trinajstić information content (AvgIpc) is 2.93. The lowest BCUT2D eigenvalue weighted by Crippen LogP contribution is -2.18. The number of aromatic nitrogens is 1. The molecule has 1 amide bonds. The Hall–Kier alpha value is -4.29. The Bertz CT molecular complexity index is 1530. The summed E-state index contributed by atoms with van der Waals surface area (Å²) in [6.07, 6.45) is 1.60. The van der Waals surface area contributed by atoms with E-state index in [4.69, 9.17) is 9.72 Å². The second-order valence-corrected chi connectivity index (χ2v) is 9.04. The SMILES string of the molecule is O=C(N/N=C\c1cccc(OCc2ccc(Br)cc2)c1)c1cc(-c2ccccc2)nc2ccccc12. The summed E-state index contributed by atoms with van der Waals surface area (Å²) in [5.41, 5.74) is 7.50. The number of carbonyl (C=O) groups excluding carboxylic acids is 1. The van der Waals surface area contributed by atoms with E-state index in [2.05, 4.69) is 26.5 Å². The van der Waals surface area contributed by atoms with Crippen LogP contribution in [0.2, 0.25) is 0 Å². The maximum absolute atomic E-state index is 13.1. The molecule has 0 saturated carbocycles. The summed E-state index contributed by atoms with van der Waals surface area (Å²) in [7, 11) is 0. The van der Waals surface area contributed by atoms with Crippen LogP contribution in [0.4, 0.5) is 0 Å². The molecule has 0 aliphatic heterocycles. The van der Waals surface area contributed by atoms with Crippen molar-refractivity contribution >= 4 is 39.0 Å². The topological polar surface area (TPSA) is 63.6 Å². The van der Waals surface area contributed by atoms with Crippen LogP contribution in [0.3, 0.4) is 0 Å². The van der Waals surface area contributed by atoms with Crippen molar-refractivity contribution in [2.24, 2.45) is 5.10 Å². The van der Waals surface area contributed by atoms with Gasteiger partial charge in [0.2, 0.25) is 0 Å². The largest absolute Gasteiger partial charge is 0.489 e. The minimum atomic E-state index is -0.301. The molecule has 5 aromatic rings. The lowest BCUT2D eigenvalue weighted by Gasteiger charge is -2.09. The van der Waals surface area contributed by atoms with Crippen LogP contribution in [-0.4, -0.2) is 17.1 Å². The van der Waals surface area contributed by atoms with Crippen molar-refractivity contribution in [3.63, 3.8) is 0 Å². The first-order valence-electron chi connectivity index (χ1n) is 11.4. The Labute approximate surface area is 217 Å². The molecule has 0 fully saturated rings. The molecule has 4 aromatic carbocycles. The number of rotatable bonds is 7. The van der Waals surface area contributed by atoms with Gasteiger partial charge in [-0.3, -0.25) is 4.79 Å². The van der Waals surface area contributed by atoms with E-state index >= 15 is 0 Å². The van der Waals surface area contributed by atoms with Crippen LogP contribution in [0.15, 0.2) is 119 Å². The third kappa shape index (κ3) is 5.67. The van der Waals surface area contributed by atoms with Gasteiger partial charge in [0.25, 0.3) is 5.91 Å². The first kappa shape index (κ1) is 23.5.